The van der Waals surface area contributed by atoms with Gasteiger partial charge in [-0.2, -0.15) is 0 Å². The molecule has 0 unspecified atom stereocenters. The molecule has 98 valence electrons. The number of rotatable bonds is 5. The van der Waals surface area contributed by atoms with Gasteiger partial charge in [0, 0.05) is 5.56 Å². The number of hydrogen-bond acceptors (Lipinski definition) is 5. The monoisotopic (exact) mass is 255 g/mol. The summed E-state index contributed by atoms with van der Waals surface area (Å²) in [5.41, 5.74) is 0.130. The predicted molar refractivity (Wildman–Crippen MR) is 60.6 cm³/mol. The molecule has 1 amide bonds. The molecule has 1 rings (SSSR count). The fraction of sp³-hybridized carbons (Fsp3) is 0.273. The highest BCUT2D eigenvalue weighted by Gasteiger charge is 2.15. The van der Waals surface area contributed by atoms with E-state index in [1.807, 2.05) is 0 Å². The van der Waals surface area contributed by atoms with Gasteiger partial charge in [0.25, 0.3) is 5.91 Å². The zero-order valence-corrected chi connectivity index (χ0v) is 9.58. The number of carboxylic acids is 1. The molecule has 0 saturated heterocycles. The molecule has 1 aromatic carbocycles. The van der Waals surface area contributed by atoms with E-state index in [2.05, 4.69) is 5.32 Å². The van der Waals surface area contributed by atoms with Gasteiger partial charge < -0.3 is 25.4 Å². The van der Waals surface area contributed by atoms with E-state index in [-0.39, 0.29) is 17.1 Å². The van der Waals surface area contributed by atoms with E-state index in [4.69, 9.17) is 14.9 Å². The van der Waals surface area contributed by atoms with Crippen LogP contribution < -0.4 is 10.1 Å². The van der Waals surface area contributed by atoms with Gasteiger partial charge in [-0.25, -0.2) is 4.79 Å². The fourth-order valence-electron chi connectivity index (χ4n) is 1.21. The number of ether oxygens (including phenoxy) is 1. The third kappa shape index (κ3) is 3.36. The molecule has 1 aromatic rings. The molecule has 0 fully saturated rings. The second-order valence-electron chi connectivity index (χ2n) is 3.45. The summed E-state index contributed by atoms with van der Waals surface area (Å²) in [7, 11) is 1.37. The molecule has 0 aliphatic heterocycles. The van der Waals surface area contributed by atoms with Gasteiger partial charge in [0.15, 0.2) is 17.6 Å². The zero-order chi connectivity index (χ0) is 13.7. The number of aromatic hydroxyl groups is 1. The Balaban J connectivity index is 2.67. The van der Waals surface area contributed by atoms with Gasteiger partial charge in [-0.05, 0) is 18.2 Å². The van der Waals surface area contributed by atoms with Crippen molar-refractivity contribution in [3.63, 3.8) is 0 Å². The Bertz CT molecular complexity index is 459. The maximum absolute atomic E-state index is 11.6. The third-order valence-corrected chi connectivity index (χ3v) is 2.18. The molecule has 0 aromatic heterocycles. The van der Waals surface area contributed by atoms with Crippen LogP contribution in [0.2, 0.25) is 0 Å². The van der Waals surface area contributed by atoms with Crippen LogP contribution in [0.25, 0.3) is 0 Å². The van der Waals surface area contributed by atoms with E-state index in [1.165, 1.54) is 25.3 Å². The average Bonchev–Trinajstić information content (AvgIpc) is 2.35. The van der Waals surface area contributed by atoms with Gasteiger partial charge in [-0.15, -0.1) is 0 Å². The van der Waals surface area contributed by atoms with Gasteiger partial charge in [-0.1, -0.05) is 0 Å². The van der Waals surface area contributed by atoms with E-state index in [9.17, 15) is 14.7 Å². The number of aliphatic hydroxyl groups excluding tert-OH is 1. The molecule has 0 aliphatic rings. The standard InChI is InChI=1S/C11H13NO6/c1-18-9-3-2-6(4-7(9)13)10(15)12-5-8(14)11(16)17/h2-4,8,13-14H,5H2,1H3,(H,12,15)(H,16,17)/t8-/m0/s1. The maximum Gasteiger partial charge on any atom is 0.334 e. The van der Waals surface area contributed by atoms with E-state index < -0.39 is 24.5 Å². The van der Waals surface area contributed by atoms with Crippen LogP contribution in [0, 0.1) is 0 Å². The van der Waals surface area contributed by atoms with Crippen molar-refractivity contribution in [1.82, 2.24) is 5.32 Å². The first-order valence-electron chi connectivity index (χ1n) is 5.01. The highest BCUT2D eigenvalue weighted by atomic mass is 16.5. The van der Waals surface area contributed by atoms with Crippen LogP contribution in [0.15, 0.2) is 18.2 Å². The normalized spacial score (nSPS) is 11.7. The van der Waals surface area contributed by atoms with E-state index >= 15 is 0 Å². The Morgan fingerprint density at radius 2 is 2.11 bits per heavy atom. The molecule has 0 heterocycles. The number of benzene rings is 1. The summed E-state index contributed by atoms with van der Waals surface area (Å²) in [5, 5.41) is 29.1. The van der Waals surface area contributed by atoms with Crippen LogP contribution in [0.5, 0.6) is 11.5 Å². The number of methoxy groups -OCH3 is 1. The van der Waals surface area contributed by atoms with Crippen LogP contribution >= 0.6 is 0 Å². The number of hydrogen-bond donors (Lipinski definition) is 4. The van der Waals surface area contributed by atoms with Crippen LogP contribution in [-0.2, 0) is 4.79 Å². The number of phenols is 1. The molecule has 0 radical (unpaired) electrons. The minimum atomic E-state index is -1.67. The smallest absolute Gasteiger partial charge is 0.334 e. The van der Waals surface area contributed by atoms with Gasteiger partial charge in [0.2, 0.25) is 0 Å². The number of phenolic OH excluding ortho intramolecular Hbond substituents is 1. The largest absolute Gasteiger partial charge is 0.504 e. The molecule has 0 spiro atoms. The Kier molecular flexibility index (Phi) is 4.50. The second kappa shape index (κ2) is 5.87. The molecule has 0 saturated carbocycles. The Morgan fingerprint density at radius 3 is 2.61 bits per heavy atom. The summed E-state index contributed by atoms with van der Waals surface area (Å²) in [4.78, 5) is 21.9. The summed E-state index contributed by atoms with van der Waals surface area (Å²) < 4.78 is 4.81. The van der Waals surface area contributed by atoms with Crippen molar-refractivity contribution in [2.45, 2.75) is 6.10 Å². The van der Waals surface area contributed by atoms with Crippen LogP contribution in [0.1, 0.15) is 10.4 Å². The summed E-state index contributed by atoms with van der Waals surface area (Å²) in [6, 6.07) is 3.99. The molecule has 0 bridgehead atoms. The Labute approximate surface area is 103 Å². The van der Waals surface area contributed by atoms with Gasteiger partial charge in [0.1, 0.15) is 0 Å². The topological polar surface area (TPSA) is 116 Å². The number of carbonyl (C=O) groups excluding carboxylic acids is 1. The zero-order valence-electron chi connectivity index (χ0n) is 9.58. The van der Waals surface area contributed by atoms with Gasteiger partial charge >= 0.3 is 5.97 Å². The first-order valence-corrected chi connectivity index (χ1v) is 5.01. The lowest BCUT2D eigenvalue weighted by Crippen LogP contribution is -2.36. The second-order valence-corrected chi connectivity index (χ2v) is 3.45. The number of nitrogens with one attached hydrogen (secondary N) is 1. The predicted octanol–water partition coefficient (Wildman–Crippen LogP) is -0.424. The van der Waals surface area contributed by atoms with Crippen molar-refractivity contribution in [3.05, 3.63) is 23.8 Å². The number of carboxylic acid groups (broad SMARTS) is 1. The lowest BCUT2D eigenvalue weighted by atomic mass is 10.2. The van der Waals surface area contributed by atoms with Crippen molar-refractivity contribution in [1.29, 1.82) is 0 Å². The lowest BCUT2D eigenvalue weighted by molar-refractivity contribution is -0.146. The molecule has 7 heteroatoms. The SMILES string of the molecule is COc1ccc(C(=O)NC[C@H](O)C(=O)O)cc1O. The average molecular weight is 255 g/mol. The first-order chi connectivity index (χ1) is 8.45. The molecule has 0 aliphatic carbocycles. The Morgan fingerprint density at radius 1 is 1.44 bits per heavy atom. The van der Waals surface area contributed by atoms with E-state index in [0.29, 0.717) is 0 Å². The molecular weight excluding hydrogens is 242 g/mol. The highest BCUT2D eigenvalue weighted by Crippen LogP contribution is 2.25. The summed E-state index contributed by atoms with van der Waals surface area (Å²) in [6.45, 7) is -0.416. The summed E-state index contributed by atoms with van der Waals surface area (Å²) in [5.74, 6) is -2.01. The van der Waals surface area contributed by atoms with E-state index in [0.717, 1.165) is 0 Å². The number of amides is 1. The molecule has 1 atom stereocenters. The van der Waals surface area contributed by atoms with E-state index in [1.54, 1.807) is 0 Å². The number of carbonyl (C=O) groups is 2. The van der Waals surface area contributed by atoms with Crippen molar-refractivity contribution < 1.29 is 29.6 Å². The highest BCUT2D eigenvalue weighted by molar-refractivity contribution is 5.95. The minimum absolute atomic E-state index is 0.130. The van der Waals surface area contributed by atoms with Crippen molar-refractivity contribution in [2.75, 3.05) is 13.7 Å². The molecule has 7 nitrogen and oxygen atoms in total. The van der Waals surface area contributed by atoms with Crippen LogP contribution in [0.4, 0.5) is 0 Å². The first kappa shape index (κ1) is 13.8. The van der Waals surface area contributed by atoms with Crippen LogP contribution in [-0.4, -0.2) is 47.0 Å². The molecular formula is C11H13NO6. The van der Waals surface area contributed by atoms with Crippen molar-refractivity contribution in [3.8, 4) is 11.5 Å². The number of aliphatic hydroxyl groups is 1. The Hall–Kier alpha value is -2.28. The van der Waals surface area contributed by atoms with Gasteiger partial charge in [0.05, 0.1) is 13.7 Å². The maximum atomic E-state index is 11.6. The molecule has 18 heavy (non-hydrogen) atoms. The summed E-state index contributed by atoms with van der Waals surface area (Å²) >= 11 is 0. The molecule has 4 N–H and O–H groups in total. The number of aliphatic carboxylic acids is 1. The fourth-order valence-corrected chi connectivity index (χ4v) is 1.21. The summed E-state index contributed by atoms with van der Waals surface area (Å²) in [6.07, 6.45) is -1.67. The third-order valence-electron chi connectivity index (χ3n) is 2.18. The minimum Gasteiger partial charge on any atom is -0.504 e. The van der Waals surface area contributed by atoms with Crippen molar-refractivity contribution >= 4 is 11.9 Å². The quantitative estimate of drug-likeness (QED) is 0.567. The van der Waals surface area contributed by atoms with Crippen molar-refractivity contribution in [2.24, 2.45) is 0 Å². The van der Waals surface area contributed by atoms with Gasteiger partial charge in [-0.3, -0.25) is 4.79 Å². The lowest BCUT2D eigenvalue weighted by Gasteiger charge is -2.09. The van der Waals surface area contributed by atoms with Crippen LogP contribution in [0.3, 0.4) is 0 Å².